The normalized spacial score (nSPS) is 15.9. The number of nitrogens with one attached hydrogen (secondary N) is 1. The van der Waals surface area contributed by atoms with Crippen LogP contribution in [-0.4, -0.2) is 52.3 Å². The summed E-state index contributed by atoms with van der Waals surface area (Å²) in [6, 6.07) is 8.92. The Bertz CT molecular complexity index is 1020. The fraction of sp³-hybridized carbons (Fsp3) is 0.409. The van der Waals surface area contributed by atoms with Crippen molar-refractivity contribution in [3.63, 3.8) is 0 Å². The molecule has 8 nitrogen and oxygen atoms in total. The van der Waals surface area contributed by atoms with Crippen molar-refractivity contribution >= 4 is 16.1 Å². The van der Waals surface area contributed by atoms with Crippen LogP contribution in [0.3, 0.4) is 0 Å². The van der Waals surface area contributed by atoms with Crippen LogP contribution >= 0.6 is 0 Å². The summed E-state index contributed by atoms with van der Waals surface area (Å²) in [6.07, 6.45) is 1.80. The molecule has 0 bridgehead atoms. The number of halogens is 1. The van der Waals surface area contributed by atoms with Crippen LogP contribution in [0.25, 0.3) is 0 Å². The molecule has 3 rings (SSSR count). The molecular weight excluding hydrogens is 439 g/mol. The van der Waals surface area contributed by atoms with Crippen molar-refractivity contribution in [3.05, 3.63) is 53.8 Å². The number of hydrogen-bond acceptors (Lipinski definition) is 6. The number of hydrogen-bond donors (Lipinski definition) is 1. The van der Waals surface area contributed by atoms with E-state index < -0.39 is 15.9 Å². The maximum Gasteiger partial charge on any atom is 0.339 e. The lowest BCUT2D eigenvalue weighted by molar-refractivity contribution is 0.0795. The van der Waals surface area contributed by atoms with Gasteiger partial charge in [0.2, 0.25) is 0 Å². The maximum atomic E-state index is 13.2. The molecule has 1 N–H and O–H groups in total. The van der Waals surface area contributed by atoms with E-state index in [2.05, 4.69) is 5.32 Å². The van der Waals surface area contributed by atoms with Crippen molar-refractivity contribution < 1.29 is 31.3 Å². The summed E-state index contributed by atoms with van der Waals surface area (Å²) in [4.78, 5) is 14.0. The second-order valence-corrected chi connectivity index (χ2v) is 8.87. The Morgan fingerprint density at radius 3 is 2.59 bits per heavy atom. The van der Waals surface area contributed by atoms with Gasteiger partial charge in [0.05, 0.1) is 13.2 Å². The predicted molar refractivity (Wildman–Crippen MR) is 116 cm³/mol. The first kappa shape index (κ1) is 23.8. The lowest BCUT2D eigenvalue weighted by Crippen LogP contribution is -2.43. The number of carbonyl (C=O) groups excluding carboxylic acids is 1. The minimum atomic E-state index is -4.21. The second kappa shape index (κ2) is 10.6. The van der Waals surface area contributed by atoms with Crippen LogP contribution in [0.15, 0.2) is 47.4 Å². The van der Waals surface area contributed by atoms with Crippen LogP contribution in [0.2, 0.25) is 0 Å². The number of benzene rings is 2. The number of urea groups is 1. The molecule has 2 amide bonds. The molecule has 1 atom stereocenters. The van der Waals surface area contributed by atoms with E-state index in [0.29, 0.717) is 25.3 Å². The van der Waals surface area contributed by atoms with Crippen molar-refractivity contribution in [1.82, 2.24) is 10.2 Å². The highest BCUT2D eigenvalue weighted by Crippen LogP contribution is 2.31. The minimum Gasteiger partial charge on any atom is -0.493 e. The third-order valence-corrected chi connectivity index (χ3v) is 6.21. The molecule has 2 aromatic rings. The molecule has 0 unspecified atom stereocenters. The summed E-state index contributed by atoms with van der Waals surface area (Å²) in [7, 11) is -2.82. The van der Waals surface area contributed by atoms with Gasteiger partial charge in [-0.05, 0) is 61.7 Å². The Labute approximate surface area is 187 Å². The number of ether oxygens (including phenoxy) is 2. The van der Waals surface area contributed by atoms with Crippen molar-refractivity contribution in [2.75, 3.05) is 26.8 Å². The molecule has 10 heteroatoms. The topological polar surface area (TPSA) is 94.2 Å². The van der Waals surface area contributed by atoms with Gasteiger partial charge in [0, 0.05) is 26.2 Å². The zero-order chi connectivity index (χ0) is 23.1. The van der Waals surface area contributed by atoms with Gasteiger partial charge in [-0.3, -0.25) is 0 Å². The minimum absolute atomic E-state index is 0.0257. The third-order valence-electron chi connectivity index (χ3n) is 4.97. The van der Waals surface area contributed by atoms with Crippen LogP contribution in [0.1, 0.15) is 25.3 Å². The van der Waals surface area contributed by atoms with E-state index in [1.54, 1.807) is 17.0 Å². The Morgan fingerprint density at radius 1 is 1.22 bits per heavy atom. The van der Waals surface area contributed by atoms with Gasteiger partial charge in [-0.15, -0.1) is 0 Å². The zero-order valence-corrected chi connectivity index (χ0v) is 18.9. The molecule has 1 saturated heterocycles. The van der Waals surface area contributed by atoms with Gasteiger partial charge in [-0.1, -0.05) is 6.07 Å². The average Bonchev–Trinajstić information content (AvgIpc) is 3.27. The highest BCUT2D eigenvalue weighted by Gasteiger charge is 2.24. The Morgan fingerprint density at radius 2 is 1.97 bits per heavy atom. The molecule has 1 fully saturated rings. The van der Waals surface area contributed by atoms with Crippen molar-refractivity contribution in [2.45, 2.75) is 37.3 Å². The number of rotatable bonds is 9. The van der Waals surface area contributed by atoms with Gasteiger partial charge in [0.25, 0.3) is 0 Å². The summed E-state index contributed by atoms with van der Waals surface area (Å²) in [5.41, 5.74) is 0.652. The number of nitrogens with zero attached hydrogens (tertiary/aromatic N) is 1. The van der Waals surface area contributed by atoms with E-state index in [-0.39, 0.29) is 35.1 Å². The summed E-state index contributed by atoms with van der Waals surface area (Å²) in [5, 5.41) is 2.79. The lowest BCUT2D eigenvalue weighted by atomic mass is 10.1. The van der Waals surface area contributed by atoms with Crippen molar-refractivity contribution in [1.29, 1.82) is 0 Å². The number of methoxy groups -OCH3 is 1. The molecular formula is C22H27FN2O6S. The van der Waals surface area contributed by atoms with Crippen molar-refractivity contribution in [2.24, 2.45) is 0 Å². The molecule has 0 aliphatic carbocycles. The molecule has 1 aliphatic rings. The van der Waals surface area contributed by atoms with E-state index in [9.17, 15) is 17.6 Å². The Balaban J connectivity index is 1.83. The van der Waals surface area contributed by atoms with Crippen LogP contribution in [0.5, 0.6) is 11.5 Å². The molecule has 174 valence electrons. The zero-order valence-electron chi connectivity index (χ0n) is 18.0. The van der Waals surface area contributed by atoms with E-state index >= 15 is 0 Å². The largest absolute Gasteiger partial charge is 0.493 e. The highest BCUT2D eigenvalue weighted by atomic mass is 32.2. The lowest BCUT2D eigenvalue weighted by Gasteiger charge is -2.26. The molecule has 32 heavy (non-hydrogen) atoms. The first-order chi connectivity index (χ1) is 15.3. The van der Waals surface area contributed by atoms with Gasteiger partial charge < -0.3 is 23.9 Å². The van der Waals surface area contributed by atoms with E-state index in [1.807, 2.05) is 6.92 Å². The molecule has 2 aromatic carbocycles. The van der Waals surface area contributed by atoms with E-state index in [4.69, 9.17) is 13.7 Å². The van der Waals surface area contributed by atoms with Gasteiger partial charge in [0.1, 0.15) is 10.7 Å². The number of carbonyl (C=O) groups is 1. The smallest absolute Gasteiger partial charge is 0.339 e. The van der Waals surface area contributed by atoms with E-state index in [0.717, 1.165) is 37.1 Å². The first-order valence-corrected chi connectivity index (χ1v) is 11.7. The van der Waals surface area contributed by atoms with Crippen LogP contribution in [0.4, 0.5) is 9.18 Å². The summed E-state index contributed by atoms with van der Waals surface area (Å²) < 4.78 is 54.6. The quantitative estimate of drug-likeness (QED) is 0.570. The van der Waals surface area contributed by atoms with Crippen LogP contribution in [0, 0.1) is 5.82 Å². The van der Waals surface area contributed by atoms with Crippen LogP contribution in [-0.2, 0) is 21.4 Å². The molecule has 1 heterocycles. The molecule has 0 radical (unpaired) electrons. The van der Waals surface area contributed by atoms with Gasteiger partial charge in [-0.2, -0.15) is 8.42 Å². The van der Waals surface area contributed by atoms with Gasteiger partial charge in [0.15, 0.2) is 11.5 Å². The maximum absolute atomic E-state index is 13.2. The Hall–Kier alpha value is -2.85. The van der Waals surface area contributed by atoms with Crippen LogP contribution < -0.4 is 14.2 Å². The SMILES string of the molecule is CCNC(=O)N(Cc1ccc(OC)c(OS(=O)(=O)c2ccc(F)cc2)c1)C[C@@H]1CCCO1. The fourth-order valence-corrected chi connectivity index (χ4v) is 4.32. The van der Waals surface area contributed by atoms with Gasteiger partial charge >= 0.3 is 16.1 Å². The summed E-state index contributed by atoms with van der Waals surface area (Å²) >= 11 is 0. The highest BCUT2D eigenvalue weighted by molar-refractivity contribution is 7.87. The average molecular weight is 467 g/mol. The standard InChI is InChI=1S/C22H27FN2O6S/c1-3-24-22(26)25(15-18-5-4-12-30-18)14-16-6-11-20(29-2)21(13-16)31-32(27,28)19-9-7-17(23)8-10-19/h6-11,13,18H,3-5,12,14-15H2,1-2H3,(H,24,26)/t18-/m0/s1. The second-order valence-electron chi connectivity index (χ2n) is 7.33. The summed E-state index contributed by atoms with van der Waals surface area (Å²) in [6.45, 7) is 3.63. The first-order valence-electron chi connectivity index (χ1n) is 10.3. The summed E-state index contributed by atoms with van der Waals surface area (Å²) in [5.74, 6) is -0.370. The van der Waals surface area contributed by atoms with E-state index in [1.165, 1.54) is 13.2 Å². The molecule has 0 saturated carbocycles. The molecule has 0 spiro atoms. The van der Waals surface area contributed by atoms with Crippen molar-refractivity contribution in [3.8, 4) is 11.5 Å². The van der Waals surface area contributed by atoms with Gasteiger partial charge in [-0.25, -0.2) is 9.18 Å². The third kappa shape index (κ3) is 6.10. The monoisotopic (exact) mass is 466 g/mol. The molecule has 0 aromatic heterocycles. The Kier molecular flexibility index (Phi) is 7.92. The fourth-order valence-electron chi connectivity index (χ4n) is 3.39. The predicted octanol–water partition coefficient (Wildman–Crippen LogP) is 3.31. The molecule has 1 aliphatic heterocycles. The number of amides is 2.